The molecule has 0 amide bonds. The van der Waals surface area contributed by atoms with Gasteiger partial charge in [-0.1, -0.05) is 20.8 Å². The lowest BCUT2D eigenvalue weighted by Crippen LogP contribution is -2.29. The van der Waals surface area contributed by atoms with Gasteiger partial charge in [0.15, 0.2) is 0 Å². The van der Waals surface area contributed by atoms with Crippen LogP contribution in [0, 0.1) is 23.7 Å². The molecule has 15 heavy (non-hydrogen) atoms. The van der Waals surface area contributed by atoms with Gasteiger partial charge in [0.1, 0.15) is 0 Å². The first-order chi connectivity index (χ1) is 6.79. The fraction of sp³-hybridized carbons (Fsp3) is 1.00. The summed E-state index contributed by atoms with van der Waals surface area (Å²) in [6.45, 7) is 6.64. The van der Waals surface area contributed by atoms with Crippen LogP contribution >= 0.6 is 0 Å². The lowest BCUT2D eigenvalue weighted by atomic mass is 9.69. The van der Waals surface area contributed by atoms with E-state index in [0.29, 0.717) is 30.1 Å². The molecule has 90 valence electrons. The SMILES string of the molecule is CC1CC(CCC(O)(F)F)CC(C)C1C. The number of alkyl halides is 2. The normalized spacial score (nSPS) is 38.0. The molecule has 2 unspecified atom stereocenters. The van der Waals surface area contributed by atoms with Crippen molar-refractivity contribution in [2.75, 3.05) is 0 Å². The number of halogens is 2. The van der Waals surface area contributed by atoms with Gasteiger partial charge in [-0.2, -0.15) is 8.78 Å². The Morgan fingerprint density at radius 1 is 1.13 bits per heavy atom. The van der Waals surface area contributed by atoms with Gasteiger partial charge in [0.25, 0.3) is 0 Å². The van der Waals surface area contributed by atoms with Crippen LogP contribution < -0.4 is 0 Å². The highest BCUT2D eigenvalue weighted by Gasteiger charge is 2.32. The van der Waals surface area contributed by atoms with E-state index in [0.717, 1.165) is 12.8 Å². The smallest absolute Gasteiger partial charge is 0.336 e. The van der Waals surface area contributed by atoms with Crippen molar-refractivity contribution >= 4 is 0 Å². The highest BCUT2D eigenvalue weighted by Crippen LogP contribution is 2.40. The van der Waals surface area contributed by atoms with Crippen LogP contribution in [0.25, 0.3) is 0 Å². The lowest BCUT2D eigenvalue weighted by Gasteiger charge is -2.37. The van der Waals surface area contributed by atoms with Crippen LogP contribution in [-0.2, 0) is 0 Å². The van der Waals surface area contributed by atoms with E-state index in [1.165, 1.54) is 0 Å². The van der Waals surface area contributed by atoms with Crippen LogP contribution in [0.1, 0.15) is 46.5 Å². The Kier molecular flexibility index (Phi) is 4.10. The van der Waals surface area contributed by atoms with E-state index in [4.69, 9.17) is 5.11 Å². The zero-order valence-electron chi connectivity index (χ0n) is 9.84. The summed E-state index contributed by atoms with van der Waals surface area (Å²) in [6, 6.07) is 0. The van der Waals surface area contributed by atoms with Crippen molar-refractivity contribution in [1.29, 1.82) is 0 Å². The fourth-order valence-corrected chi connectivity index (χ4v) is 2.75. The first kappa shape index (κ1) is 12.9. The van der Waals surface area contributed by atoms with Crippen molar-refractivity contribution in [3.05, 3.63) is 0 Å². The summed E-state index contributed by atoms with van der Waals surface area (Å²) in [6.07, 6.45) is -1.35. The minimum absolute atomic E-state index is 0.365. The van der Waals surface area contributed by atoms with Gasteiger partial charge in [-0.3, -0.25) is 0 Å². The van der Waals surface area contributed by atoms with Crippen LogP contribution in [-0.4, -0.2) is 11.2 Å². The minimum Gasteiger partial charge on any atom is -0.336 e. The molecule has 1 aliphatic rings. The Morgan fingerprint density at radius 3 is 2.00 bits per heavy atom. The number of aliphatic hydroxyl groups is 1. The van der Waals surface area contributed by atoms with E-state index in [1.54, 1.807) is 0 Å². The third-order valence-electron chi connectivity index (χ3n) is 4.06. The van der Waals surface area contributed by atoms with Crippen molar-refractivity contribution < 1.29 is 13.9 Å². The quantitative estimate of drug-likeness (QED) is 0.769. The van der Waals surface area contributed by atoms with Crippen LogP contribution in [0.2, 0.25) is 0 Å². The molecular weight excluding hydrogens is 198 g/mol. The summed E-state index contributed by atoms with van der Waals surface area (Å²) in [7, 11) is 0. The van der Waals surface area contributed by atoms with Gasteiger partial charge in [0.05, 0.1) is 0 Å². The zero-order valence-corrected chi connectivity index (χ0v) is 9.84. The topological polar surface area (TPSA) is 20.2 Å². The van der Waals surface area contributed by atoms with Crippen LogP contribution in [0.5, 0.6) is 0 Å². The third kappa shape index (κ3) is 4.06. The maximum Gasteiger partial charge on any atom is 0.353 e. The summed E-state index contributed by atoms with van der Waals surface area (Å²) in [5.74, 6) is 2.29. The molecule has 1 N–H and O–H groups in total. The molecule has 1 fully saturated rings. The van der Waals surface area contributed by atoms with Gasteiger partial charge in [-0.05, 0) is 42.9 Å². The first-order valence-corrected chi connectivity index (χ1v) is 5.90. The first-order valence-electron chi connectivity index (χ1n) is 5.90. The molecule has 1 nitrogen and oxygen atoms in total. The molecule has 1 aliphatic carbocycles. The highest BCUT2D eigenvalue weighted by molar-refractivity contribution is 4.80. The van der Waals surface area contributed by atoms with Crippen LogP contribution in [0.3, 0.4) is 0 Å². The maximum absolute atomic E-state index is 12.3. The maximum atomic E-state index is 12.3. The third-order valence-corrected chi connectivity index (χ3v) is 4.06. The van der Waals surface area contributed by atoms with Crippen molar-refractivity contribution in [1.82, 2.24) is 0 Å². The van der Waals surface area contributed by atoms with Crippen molar-refractivity contribution in [2.45, 2.75) is 52.6 Å². The summed E-state index contributed by atoms with van der Waals surface area (Å²) in [5.41, 5.74) is 0. The number of hydrogen-bond acceptors (Lipinski definition) is 1. The summed E-state index contributed by atoms with van der Waals surface area (Å²) < 4.78 is 24.6. The second kappa shape index (κ2) is 4.77. The second-order valence-corrected chi connectivity index (χ2v) is 5.36. The molecule has 3 heteroatoms. The fourth-order valence-electron chi connectivity index (χ4n) is 2.75. The zero-order chi connectivity index (χ0) is 11.6. The molecule has 0 spiro atoms. The Labute approximate surface area is 90.9 Å². The van der Waals surface area contributed by atoms with Gasteiger partial charge >= 0.3 is 6.11 Å². The van der Waals surface area contributed by atoms with Gasteiger partial charge in [0, 0.05) is 6.42 Å². The predicted molar refractivity (Wildman–Crippen MR) is 56.6 cm³/mol. The number of hydrogen-bond donors (Lipinski definition) is 1. The van der Waals surface area contributed by atoms with E-state index >= 15 is 0 Å². The van der Waals surface area contributed by atoms with Crippen molar-refractivity contribution in [3.8, 4) is 0 Å². The van der Waals surface area contributed by atoms with E-state index in [-0.39, 0.29) is 6.42 Å². The molecule has 1 rings (SSSR count). The molecule has 0 heterocycles. The van der Waals surface area contributed by atoms with Gasteiger partial charge < -0.3 is 5.11 Å². The van der Waals surface area contributed by atoms with E-state index < -0.39 is 6.11 Å². The van der Waals surface area contributed by atoms with E-state index in [1.807, 2.05) is 0 Å². The molecule has 0 saturated heterocycles. The molecule has 0 aliphatic heterocycles. The highest BCUT2D eigenvalue weighted by atomic mass is 19.3. The van der Waals surface area contributed by atoms with Gasteiger partial charge in [-0.25, -0.2) is 0 Å². The van der Waals surface area contributed by atoms with Gasteiger partial charge in [-0.15, -0.1) is 0 Å². The Bertz CT molecular complexity index is 188. The molecule has 1 saturated carbocycles. The second-order valence-electron chi connectivity index (χ2n) is 5.36. The lowest BCUT2D eigenvalue weighted by molar-refractivity contribution is -0.205. The summed E-state index contributed by atoms with van der Waals surface area (Å²) in [5, 5.41) is 8.40. The van der Waals surface area contributed by atoms with Crippen molar-refractivity contribution in [3.63, 3.8) is 0 Å². The summed E-state index contributed by atoms with van der Waals surface area (Å²) >= 11 is 0. The Hall–Kier alpha value is -0.180. The van der Waals surface area contributed by atoms with Crippen LogP contribution in [0.4, 0.5) is 8.78 Å². The summed E-state index contributed by atoms with van der Waals surface area (Å²) in [4.78, 5) is 0. The Morgan fingerprint density at radius 2 is 1.60 bits per heavy atom. The molecule has 0 bridgehead atoms. The molecular formula is C12H22F2O. The van der Waals surface area contributed by atoms with Crippen LogP contribution in [0.15, 0.2) is 0 Å². The molecule has 2 atom stereocenters. The standard InChI is InChI=1S/C12H22F2O/c1-8-6-11(4-5-12(13,14)15)7-9(2)10(8)3/h8-11,15H,4-7H2,1-3H3. The predicted octanol–water partition coefficient (Wildman–Crippen LogP) is 3.67. The molecule has 0 aromatic heterocycles. The molecule has 0 radical (unpaired) electrons. The largest absolute Gasteiger partial charge is 0.353 e. The van der Waals surface area contributed by atoms with Gasteiger partial charge in [0.2, 0.25) is 0 Å². The molecule has 0 aromatic carbocycles. The monoisotopic (exact) mass is 220 g/mol. The van der Waals surface area contributed by atoms with E-state index in [9.17, 15) is 8.78 Å². The average Bonchev–Trinajstić information content (AvgIpc) is 2.09. The average molecular weight is 220 g/mol. The number of rotatable bonds is 3. The van der Waals surface area contributed by atoms with E-state index in [2.05, 4.69) is 20.8 Å². The minimum atomic E-state index is -3.48. The van der Waals surface area contributed by atoms with Crippen molar-refractivity contribution in [2.24, 2.45) is 23.7 Å². The Balaban J connectivity index is 2.38. The molecule has 0 aromatic rings.